The Morgan fingerprint density at radius 2 is 1.62 bits per heavy atom. The molecule has 0 atom stereocenters. The van der Waals surface area contributed by atoms with E-state index in [1.165, 1.54) is 4.88 Å². The molecule has 0 spiro atoms. The summed E-state index contributed by atoms with van der Waals surface area (Å²) in [4.78, 5) is 15.4. The van der Waals surface area contributed by atoms with E-state index in [0.29, 0.717) is 0 Å². The number of piperazine rings is 1. The Bertz CT molecular complexity index is 628. The fourth-order valence-electron chi connectivity index (χ4n) is 2.42. The molecule has 2 aromatic rings. The van der Waals surface area contributed by atoms with Crippen LogP contribution in [0.3, 0.4) is 0 Å². The summed E-state index contributed by atoms with van der Waals surface area (Å²) < 4.78 is 1.07. The maximum atomic E-state index is 4.66. The molecule has 0 aromatic carbocycles. The van der Waals surface area contributed by atoms with Crippen LogP contribution in [-0.4, -0.2) is 36.1 Å². The van der Waals surface area contributed by atoms with Gasteiger partial charge in [-0.2, -0.15) is 0 Å². The largest absolute Gasteiger partial charge is 0.353 e. The highest BCUT2D eigenvalue weighted by molar-refractivity contribution is 9.10. The maximum absolute atomic E-state index is 4.66. The van der Waals surface area contributed by atoms with Crippen LogP contribution in [0.1, 0.15) is 16.3 Å². The van der Waals surface area contributed by atoms with Crippen LogP contribution in [0.5, 0.6) is 0 Å². The second-order valence-corrected chi connectivity index (χ2v) is 7.38. The number of rotatable bonds is 2. The van der Waals surface area contributed by atoms with E-state index in [-0.39, 0.29) is 0 Å². The van der Waals surface area contributed by atoms with Crippen LogP contribution >= 0.6 is 27.3 Å². The molecular formula is C15H19BrN4S. The summed E-state index contributed by atoms with van der Waals surface area (Å²) in [6, 6.07) is 4.17. The smallest absolute Gasteiger partial charge is 0.185 e. The number of thiazole rings is 1. The molecule has 0 N–H and O–H groups in total. The average molecular weight is 367 g/mol. The molecule has 112 valence electrons. The van der Waals surface area contributed by atoms with Crippen molar-refractivity contribution in [3.05, 3.63) is 32.9 Å². The second-order valence-electron chi connectivity index (χ2n) is 5.35. The Morgan fingerprint density at radius 3 is 2.19 bits per heavy atom. The van der Waals surface area contributed by atoms with Crippen molar-refractivity contribution in [3.63, 3.8) is 0 Å². The van der Waals surface area contributed by atoms with E-state index < -0.39 is 0 Å². The number of aryl methyl sites for hydroxylation is 3. The first-order valence-electron chi connectivity index (χ1n) is 7.11. The van der Waals surface area contributed by atoms with Crippen molar-refractivity contribution in [2.45, 2.75) is 20.8 Å². The Labute approximate surface area is 138 Å². The predicted molar refractivity (Wildman–Crippen MR) is 92.7 cm³/mol. The van der Waals surface area contributed by atoms with E-state index in [2.05, 4.69) is 61.7 Å². The van der Waals surface area contributed by atoms with Gasteiger partial charge in [0, 0.05) is 35.5 Å². The van der Waals surface area contributed by atoms with Gasteiger partial charge in [0.25, 0.3) is 0 Å². The molecule has 1 fully saturated rings. The van der Waals surface area contributed by atoms with Gasteiger partial charge in [0.1, 0.15) is 5.82 Å². The molecule has 2 aromatic heterocycles. The lowest BCUT2D eigenvalue weighted by atomic mass is 10.3. The number of hydrogen-bond donors (Lipinski definition) is 0. The summed E-state index contributed by atoms with van der Waals surface area (Å²) in [5.74, 6) is 1.07. The van der Waals surface area contributed by atoms with E-state index >= 15 is 0 Å². The van der Waals surface area contributed by atoms with Crippen LogP contribution in [0.2, 0.25) is 0 Å². The highest BCUT2D eigenvalue weighted by atomic mass is 79.9. The molecule has 1 aliphatic rings. The monoisotopic (exact) mass is 366 g/mol. The number of aromatic nitrogens is 2. The average Bonchev–Trinajstić information content (AvgIpc) is 2.82. The molecule has 0 radical (unpaired) electrons. The normalized spacial score (nSPS) is 15.6. The molecule has 0 aliphatic carbocycles. The van der Waals surface area contributed by atoms with Gasteiger partial charge in [-0.15, -0.1) is 11.3 Å². The van der Waals surface area contributed by atoms with Gasteiger partial charge < -0.3 is 9.80 Å². The van der Waals surface area contributed by atoms with Crippen molar-refractivity contribution < 1.29 is 0 Å². The highest BCUT2D eigenvalue weighted by Gasteiger charge is 2.21. The fraction of sp³-hybridized carbons (Fsp3) is 0.467. The summed E-state index contributed by atoms with van der Waals surface area (Å²) in [7, 11) is 0. The predicted octanol–water partition coefficient (Wildman–Crippen LogP) is 3.55. The van der Waals surface area contributed by atoms with Gasteiger partial charge in [0.05, 0.1) is 11.4 Å². The molecule has 0 amide bonds. The van der Waals surface area contributed by atoms with E-state index in [1.807, 2.05) is 6.92 Å². The molecule has 4 nitrogen and oxygen atoms in total. The van der Waals surface area contributed by atoms with Gasteiger partial charge in [-0.3, -0.25) is 0 Å². The molecule has 6 heteroatoms. The SMILES string of the molecule is Cc1nc(N2CCN(c3nc(C)c(C)s3)CC2)ccc1Br. The van der Waals surface area contributed by atoms with Gasteiger partial charge in [-0.25, -0.2) is 9.97 Å². The zero-order chi connectivity index (χ0) is 15.0. The first-order chi connectivity index (χ1) is 10.0. The number of pyridine rings is 1. The van der Waals surface area contributed by atoms with Crippen molar-refractivity contribution >= 4 is 38.2 Å². The molecule has 1 saturated heterocycles. The third-order valence-electron chi connectivity index (χ3n) is 3.90. The van der Waals surface area contributed by atoms with Crippen molar-refractivity contribution in [1.82, 2.24) is 9.97 Å². The van der Waals surface area contributed by atoms with Gasteiger partial charge in [0.2, 0.25) is 0 Å². The van der Waals surface area contributed by atoms with Crippen LogP contribution in [-0.2, 0) is 0 Å². The molecule has 0 saturated carbocycles. The van der Waals surface area contributed by atoms with E-state index in [4.69, 9.17) is 0 Å². The first kappa shape index (κ1) is 14.8. The molecule has 0 bridgehead atoms. The quantitative estimate of drug-likeness (QED) is 0.813. The molecule has 3 rings (SSSR count). The second kappa shape index (κ2) is 5.93. The van der Waals surface area contributed by atoms with Crippen LogP contribution in [0.4, 0.5) is 10.9 Å². The van der Waals surface area contributed by atoms with E-state index in [1.54, 1.807) is 11.3 Å². The lowest BCUT2D eigenvalue weighted by molar-refractivity contribution is 0.645. The lowest BCUT2D eigenvalue weighted by Gasteiger charge is -2.35. The Morgan fingerprint density at radius 1 is 0.952 bits per heavy atom. The molecule has 0 unspecified atom stereocenters. The van der Waals surface area contributed by atoms with Crippen LogP contribution in [0, 0.1) is 20.8 Å². The third-order valence-corrected chi connectivity index (χ3v) is 5.87. The Hall–Kier alpha value is -1.14. The summed E-state index contributed by atoms with van der Waals surface area (Å²) in [5.41, 5.74) is 2.20. The number of anilines is 2. The van der Waals surface area contributed by atoms with Crippen LogP contribution in [0.25, 0.3) is 0 Å². The van der Waals surface area contributed by atoms with Crippen molar-refractivity contribution in [1.29, 1.82) is 0 Å². The summed E-state index contributed by atoms with van der Waals surface area (Å²) in [5, 5.41) is 1.16. The van der Waals surface area contributed by atoms with Gasteiger partial charge >= 0.3 is 0 Å². The Kier molecular flexibility index (Phi) is 4.17. The molecule has 1 aliphatic heterocycles. The topological polar surface area (TPSA) is 32.3 Å². The standard InChI is InChI=1S/C15H19BrN4S/c1-10-12(3)21-15(18-10)20-8-6-19(7-9-20)14-5-4-13(16)11(2)17-14/h4-5H,6-9H2,1-3H3. The zero-order valence-electron chi connectivity index (χ0n) is 12.6. The molecule has 3 heterocycles. The minimum absolute atomic E-state index is 0.992. The number of hydrogen-bond acceptors (Lipinski definition) is 5. The number of halogens is 1. The summed E-state index contributed by atoms with van der Waals surface area (Å²) >= 11 is 5.30. The summed E-state index contributed by atoms with van der Waals surface area (Å²) in [6.07, 6.45) is 0. The number of nitrogens with zero attached hydrogens (tertiary/aromatic N) is 4. The van der Waals surface area contributed by atoms with Gasteiger partial charge in [-0.1, -0.05) is 0 Å². The van der Waals surface area contributed by atoms with Crippen molar-refractivity contribution in [2.75, 3.05) is 36.0 Å². The first-order valence-corrected chi connectivity index (χ1v) is 8.72. The third kappa shape index (κ3) is 3.06. The van der Waals surface area contributed by atoms with Crippen molar-refractivity contribution in [2.24, 2.45) is 0 Å². The van der Waals surface area contributed by atoms with Gasteiger partial charge in [-0.05, 0) is 48.8 Å². The zero-order valence-corrected chi connectivity index (χ0v) is 15.0. The molecular weight excluding hydrogens is 348 g/mol. The van der Waals surface area contributed by atoms with E-state index in [0.717, 1.165) is 53.0 Å². The fourth-order valence-corrected chi connectivity index (χ4v) is 3.61. The minimum atomic E-state index is 0.992. The van der Waals surface area contributed by atoms with E-state index in [9.17, 15) is 0 Å². The van der Waals surface area contributed by atoms with Crippen LogP contribution < -0.4 is 9.80 Å². The molecule has 21 heavy (non-hydrogen) atoms. The maximum Gasteiger partial charge on any atom is 0.185 e. The van der Waals surface area contributed by atoms with Crippen molar-refractivity contribution in [3.8, 4) is 0 Å². The van der Waals surface area contributed by atoms with Crippen LogP contribution in [0.15, 0.2) is 16.6 Å². The lowest BCUT2D eigenvalue weighted by Crippen LogP contribution is -2.46. The summed E-state index contributed by atoms with van der Waals surface area (Å²) in [6.45, 7) is 10.2. The van der Waals surface area contributed by atoms with Gasteiger partial charge in [0.15, 0.2) is 5.13 Å². The highest BCUT2D eigenvalue weighted by Crippen LogP contribution is 2.27. The minimum Gasteiger partial charge on any atom is -0.353 e. The Balaban J connectivity index is 1.68.